The van der Waals surface area contributed by atoms with Crippen LogP contribution in [0.5, 0.6) is 0 Å². The van der Waals surface area contributed by atoms with Crippen LogP contribution in [0.1, 0.15) is 12.0 Å². The maximum Gasteiger partial charge on any atom is 0.223 e. The summed E-state index contributed by atoms with van der Waals surface area (Å²) in [4.78, 5) is 17.4. The van der Waals surface area contributed by atoms with E-state index in [-0.39, 0.29) is 12.5 Å². The van der Waals surface area contributed by atoms with Crippen LogP contribution in [-0.4, -0.2) is 40.6 Å². The van der Waals surface area contributed by atoms with Crippen molar-refractivity contribution < 1.29 is 9.90 Å². The van der Waals surface area contributed by atoms with E-state index in [0.717, 1.165) is 5.56 Å². The van der Waals surface area contributed by atoms with Crippen LogP contribution in [0.3, 0.4) is 0 Å². The Morgan fingerprint density at radius 3 is 2.76 bits per heavy atom. The van der Waals surface area contributed by atoms with Crippen LogP contribution in [0.2, 0.25) is 0 Å². The monoisotopic (exact) mass is 234 g/mol. The fraction of sp³-hybridized carbons (Fsp3) is 0.385. The molecule has 0 atom stereocenters. The van der Waals surface area contributed by atoms with Crippen molar-refractivity contribution >= 4 is 5.91 Å². The Labute approximate surface area is 102 Å². The number of aliphatic hydroxyl groups excluding tert-OH is 1. The molecule has 0 fully saturated rings. The number of carbonyl (C=O) groups is 1. The lowest BCUT2D eigenvalue weighted by Gasteiger charge is -2.19. The van der Waals surface area contributed by atoms with E-state index in [4.69, 9.17) is 5.11 Å². The maximum absolute atomic E-state index is 11.8. The third kappa shape index (κ3) is 4.78. The third-order valence-electron chi connectivity index (χ3n) is 2.45. The fourth-order valence-corrected chi connectivity index (χ4v) is 1.55. The number of rotatable bonds is 7. The summed E-state index contributed by atoms with van der Waals surface area (Å²) in [6.07, 6.45) is 6.24. The first-order valence-electron chi connectivity index (χ1n) is 5.66. The normalized spacial score (nSPS) is 9.94. The molecule has 0 aromatic carbocycles. The van der Waals surface area contributed by atoms with Crippen molar-refractivity contribution in [2.24, 2.45) is 0 Å². The molecule has 0 saturated heterocycles. The molecular weight excluding hydrogens is 216 g/mol. The van der Waals surface area contributed by atoms with Crippen LogP contribution in [0, 0.1) is 0 Å². The van der Waals surface area contributed by atoms with Gasteiger partial charge < -0.3 is 10.0 Å². The molecule has 0 bridgehead atoms. The first-order valence-corrected chi connectivity index (χ1v) is 5.66. The van der Waals surface area contributed by atoms with Gasteiger partial charge in [-0.3, -0.25) is 9.78 Å². The van der Waals surface area contributed by atoms with Crippen LogP contribution < -0.4 is 0 Å². The number of hydrogen-bond acceptors (Lipinski definition) is 3. The van der Waals surface area contributed by atoms with Crippen LogP contribution in [-0.2, 0) is 11.2 Å². The van der Waals surface area contributed by atoms with E-state index in [9.17, 15) is 4.79 Å². The smallest absolute Gasteiger partial charge is 0.223 e. The highest BCUT2D eigenvalue weighted by molar-refractivity contribution is 5.76. The molecule has 17 heavy (non-hydrogen) atoms. The first kappa shape index (κ1) is 13.4. The van der Waals surface area contributed by atoms with E-state index in [0.29, 0.717) is 25.9 Å². The molecule has 1 rings (SSSR count). The summed E-state index contributed by atoms with van der Waals surface area (Å²) in [6.45, 7) is 4.42. The molecule has 4 heteroatoms. The molecule has 0 spiro atoms. The average Bonchev–Trinajstić information content (AvgIpc) is 2.37. The minimum absolute atomic E-state index is 0.0190. The van der Waals surface area contributed by atoms with Gasteiger partial charge in [0, 0.05) is 31.9 Å². The number of amides is 1. The Morgan fingerprint density at radius 2 is 2.18 bits per heavy atom. The zero-order chi connectivity index (χ0) is 12.5. The predicted molar refractivity (Wildman–Crippen MR) is 66.4 cm³/mol. The minimum atomic E-state index is -0.0190. The molecule has 1 aromatic heterocycles. The lowest BCUT2D eigenvalue weighted by Crippen LogP contribution is -2.33. The Hall–Kier alpha value is -1.68. The third-order valence-corrected chi connectivity index (χ3v) is 2.45. The van der Waals surface area contributed by atoms with Gasteiger partial charge in [0.15, 0.2) is 0 Å². The quantitative estimate of drug-likeness (QED) is 0.717. The highest BCUT2D eigenvalue weighted by atomic mass is 16.3. The second-order valence-electron chi connectivity index (χ2n) is 3.71. The molecule has 0 unspecified atom stereocenters. The van der Waals surface area contributed by atoms with Crippen LogP contribution in [0.15, 0.2) is 37.2 Å². The largest absolute Gasteiger partial charge is 0.395 e. The highest BCUT2D eigenvalue weighted by Crippen LogP contribution is 2.03. The van der Waals surface area contributed by atoms with Gasteiger partial charge in [-0.2, -0.15) is 0 Å². The van der Waals surface area contributed by atoms with Crippen molar-refractivity contribution in [3.05, 3.63) is 42.7 Å². The zero-order valence-electron chi connectivity index (χ0n) is 9.88. The molecule has 0 radical (unpaired) electrons. The van der Waals surface area contributed by atoms with Crippen LogP contribution in [0.4, 0.5) is 0 Å². The number of hydrogen-bond donors (Lipinski definition) is 1. The van der Waals surface area contributed by atoms with E-state index in [1.54, 1.807) is 23.4 Å². The summed E-state index contributed by atoms with van der Waals surface area (Å²) in [5.74, 6) is 0.0377. The Kier molecular flexibility index (Phi) is 5.96. The molecule has 0 aliphatic heterocycles. The number of carbonyl (C=O) groups excluding carboxylic acids is 1. The number of pyridine rings is 1. The number of nitrogens with zero attached hydrogens (tertiary/aromatic N) is 2. The van der Waals surface area contributed by atoms with Gasteiger partial charge in [0.1, 0.15) is 0 Å². The zero-order valence-corrected chi connectivity index (χ0v) is 9.88. The van der Waals surface area contributed by atoms with E-state index < -0.39 is 0 Å². The van der Waals surface area contributed by atoms with E-state index in [1.165, 1.54) is 0 Å². The molecule has 1 heterocycles. The van der Waals surface area contributed by atoms with Crippen molar-refractivity contribution in [1.82, 2.24) is 9.88 Å². The van der Waals surface area contributed by atoms with Crippen LogP contribution >= 0.6 is 0 Å². The Balaban J connectivity index is 2.44. The molecule has 1 amide bonds. The fourth-order valence-electron chi connectivity index (χ4n) is 1.55. The van der Waals surface area contributed by atoms with Crippen molar-refractivity contribution in [3.63, 3.8) is 0 Å². The molecule has 4 nitrogen and oxygen atoms in total. The molecule has 92 valence electrons. The SMILES string of the molecule is C=CCN(CCO)C(=O)CCc1ccncc1. The summed E-state index contributed by atoms with van der Waals surface area (Å²) in [5.41, 5.74) is 1.09. The van der Waals surface area contributed by atoms with Gasteiger partial charge in [0.25, 0.3) is 0 Å². The van der Waals surface area contributed by atoms with E-state index >= 15 is 0 Å². The highest BCUT2D eigenvalue weighted by Gasteiger charge is 2.10. The lowest BCUT2D eigenvalue weighted by molar-refractivity contribution is -0.131. The van der Waals surface area contributed by atoms with Gasteiger partial charge in [-0.1, -0.05) is 6.08 Å². The molecular formula is C13H18N2O2. The van der Waals surface area contributed by atoms with Gasteiger partial charge in [0.2, 0.25) is 5.91 Å². The van der Waals surface area contributed by atoms with Gasteiger partial charge >= 0.3 is 0 Å². The van der Waals surface area contributed by atoms with E-state index in [1.807, 2.05) is 12.1 Å². The van der Waals surface area contributed by atoms with Gasteiger partial charge in [-0.15, -0.1) is 6.58 Å². The van der Waals surface area contributed by atoms with Crippen molar-refractivity contribution in [1.29, 1.82) is 0 Å². The van der Waals surface area contributed by atoms with Gasteiger partial charge in [0.05, 0.1) is 6.61 Å². The minimum Gasteiger partial charge on any atom is -0.395 e. The van der Waals surface area contributed by atoms with Gasteiger partial charge in [-0.25, -0.2) is 0 Å². The number of aryl methyl sites for hydroxylation is 1. The molecule has 0 aliphatic rings. The maximum atomic E-state index is 11.8. The molecule has 0 aliphatic carbocycles. The van der Waals surface area contributed by atoms with Crippen molar-refractivity contribution in [3.8, 4) is 0 Å². The summed E-state index contributed by atoms with van der Waals surface area (Å²) in [7, 11) is 0. The number of aromatic nitrogens is 1. The Morgan fingerprint density at radius 1 is 1.47 bits per heavy atom. The summed E-state index contributed by atoms with van der Waals surface area (Å²) < 4.78 is 0. The number of aliphatic hydroxyl groups is 1. The second-order valence-corrected chi connectivity index (χ2v) is 3.71. The Bertz CT molecular complexity index is 352. The molecule has 1 N–H and O–H groups in total. The lowest BCUT2D eigenvalue weighted by atomic mass is 10.1. The molecule has 1 aromatic rings. The van der Waals surface area contributed by atoms with Crippen molar-refractivity contribution in [2.45, 2.75) is 12.8 Å². The standard InChI is InChI=1S/C13H18N2O2/c1-2-9-15(10-11-16)13(17)4-3-12-5-7-14-8-6-12/h2,5-8,16H,1,3-4,9-11H2. The van der Waals surface area contributed by atoms with Crippen molar-refractivity contribution in [2.75, 3.05) is 19.7 Å². The average molecular weight is 234 g/mol. The van der Waals surface area contributed by atoms with E-state index in [2.05, 4.69) is 11.6 Å². The first-order chi connectivity index (χ1) is 8.27. The van der Waals surface area contributed by atoms with Crippen LogP contribution in [0.25, 0.3) is 0 Å². The topological polar surface area (TPSA) is 53.4 Å². The summed E-state index contributed by atoms with van der Waals surface area (Å²) in [5, 5.41) is 8.86. The summed E-state index contributed by atoms with van der Waals surface area (Å²) >= 11 is 0. The molecule has 0 saturated carbocycles. The van der Waals surface area contributed by atoms with Gasteiger partial charge in [-0.05, 0) is 24.1 Å². The second kappa shape index (κ2) is 7.57. The summed E-state index contributed by atoms with van der Waals surface area (Å²) in [6, 6.07) is 3.80. The predicted octanol–water partition coefficient (Wildman–Crippen LogP) is 1.02.